The van der Waals surface area contributed by atoms with Crippen molar-refractivity contribution < 1.29 is 9.90 Å². The Morgan fingerprint density at radius 1 is 1.38 bits per heavy atom. The maximum Gasteiger partial charge on any atom is 0.409 e. The molecule has 0 saturated heterocycles. The van der Waals surface area contributed by atoms with Gasteiger partial charge >= 0.3 is 6.09 Å². The highest BCUT2D eigenvalue weighted by molar-refractivity contribution is 9.10. The van der Waals surface area contributed by atoms with E-state index < -0.39 is 6.09 Å². The summed E-state index contributed by atoms with van der Waals surface area (Å²) >= 11 is 3.38. The van der Waals surface area contributed by atoms with Crippen molar-refractivity contribution in [2.24, 2.45) is 0 Å². The van der Waals surface area contributed by atoms with Gasteiger partial charge in [0.2, 0.25) is 0 Å². The van der Waals surface area contributed by atoms with Gasteiger partial charge in [0, 0.05) is 15.6 Å². The number of aryl methyl sites for hydroxylation is 1. The summed E-state index contributed by atoms with van der Waals surface area (Å²) in [5, 5.41) is 16.3. The summed E-state index contributed by atoms with van der Waals surface area (Å²) < 4.78 is 2.44. The van der Waals surface area contributed by atoms with Crippen LogP contribution in [0.3, 0.4) is 0 Å². The normalized spacial score (nSPS) is 10.8. The number of anilines is 1. The van der Waals surface area contributed by atoms with Crippen molar-refractivity contribution in [3.05, 3.63) is 46.7 Å². The fourth-order valence-corrected chi connectivity index (χ4v) is 2.59. The predicted molar refractivity (Wildman–Crippen MR) is 82.9 cm³/mol. The van der Waals surface area contributed by atoms with E-state index in [-0.39, 0.29) is 0 Å². The van der Waals surface area contributed by atoms with Crippen LogP contribution in [0.25, 0.3) is 16.7 Å². The molecular formula is C14H11BrN4O2. The summed E-state index contributed by atoms with van der Waals surface area (Å²) in [5.41, 5.74) is 2.13. The quantitative estimate of drug-likeness (QED) is 0.743. The van der Waals surface area contributed by atoms with Crippen LogP contribution in [0.1, 0.15) is 5.69 Å². The number of fused-ring (bicyclic) bond motifs is 1. The third-order valence-corrected chi connectivity index (χ3v) is 3.44. The van der Waals surface area contributed by atoms with E-state index in [0.29, 0.717) is 16.9 Å². The number of nitrogens with one attached hydrogen (secondary N) is 1. The van der Waals surface area contributed by atoms with Gasteiger partial charge in [-0.15, -0.1) is 0 Å². The van der Waals surface area contributed by atoms with Crippen LogP contribution < -0.4 is 5.32 Å². The molecule has 0 aliphatic heterocycles. The van der Waals surface area contributed by atoms with Gasteiger partial charge in [-0.1, -0.05) is 22.0 Å². The molecule has 0 aliphatic rings. The average Bonchev–Trinajstić information content (AvgIpc) is 2.81. The van der Waals surface area contributed by atoms with E-state index >= 15 is 0 Å². The van der Waals surface area contributed by atoms with Crippen molar-refractivity contribution in [1.29, 1.82) is 0 Å². The molecule has 3 aromatic rings. The maximum absolute atomic E-state index is 10.9. The van der Waals surface area contributed by atoms with Crippen LogP contribution in [0.2, 0.25) is 0 Å². The van der Waals surface area contributed by atoms with Crippen molar-refractivity contribution in [2.45, 2.75) is 6.92 Å². The molecule has 1 amide bonds. The Kier molecular flexibility index (Phi) is 3.34. The number of aromatic nitrogens is 3. The van der Waals surface area contributed by atoms with E-state index in [1.165, 1.54) is 0 Å². The first-order chi connectivity index (χ1) is 10.0. The van der Waals surface area contributed by atoms with Crippen LogP contribution in [0.4, 0.5) is 10.5 Å². The second-order valence-corrected chi connectivity index (χ2v) is 5.43. The van der Waals surface area contributed by atoms with Crippen LogP contribution in [0.15, 0.2) is 41.0 Å². The van der Waals surface area contributed by atoms with E-state index in [1.807, 2.05) is 31.2 Å². The summed E-state index contributed by atoms with van der Waals surface area (Å²) in [4.78, 5) is 15.3. The molecule has 0 saturated carbocycles. The zero-order valence-corrected chi connectivity index (χ0v) is 12.6. The van der Waals surface area contributed by atoms with Crippen molar-refractivity contribution in [2.75, 3.05) is 5.32 Å². The Hall–Kier alpha value is -2.41. The van der Waals surface area contributed by atoms with Gasteiger partial charge in [0.1, 0.15) is 0 Å². The number of pyridine rings is 1. The van der Waals surface area contributed by atoms with Gasteiger partial charge in [-0.2, -0.15) is 5.10 Å². The molecular weight excluding hydrogens is 336 g/mol. The summed E-state index contributed by atoms with van der Waals surface area (Å²) in [6, 6.07) is 9.23. The Morgan fingerprint density at radius 2 is 2.19 bits per heavy atom. The standard InChI is InChI=1S/C14H11BrN4O2/c1-8-3-2-4-13(17-8)19-12-6-9(15)5-11(18-14(20)21)10(12)7-16-19/h2-7,18H,1H3,(H,20,21). The maximum atomic E-state index is 10.9. The Morgan fingerprint density at radius 3 is 2.90 bits per heavy atom. The number of benzene rings is 1. The number of amides is 1. The summed E-state index contributed by atoms with van der Waals surface area (Å²) in [5.74, 6) is 0.685. The van der Waals surface area contributed by atoms with Crippen molar-refractivity contribution in [3.8, 4) is 5.82 Å². The number of halogens is 1. The van der Waals surface area contributed by atoms with Gasteiger partial charge in [-0.3, -0.25) is 5.32 Å². The van der Waals surface area contributed by atoms with E-state index in [9.17, 15) is 4.79 Å². The lowest BCUT2D eigenvalue weighted by Gasteiger charge is -2.06. The molecule has 0 fully saturated rings. The Labute approximate surface area is 128 Å². The van der Waals surface area contributed by atoms with Gasteiger partial charge in [-0.05, 0) is 31.2 Å². The van der Waals surface area contributed by atoms with Crippen LogP contribution >= 0.6 is 15.9 Å². The van der Waals surface area contributed by atoms with Crippen molar-refractivity contribution >= 4 is 38.6 Å². The largest absolute Gasteiger partial charge is 0.465 e. The highest BCUT2D eigenvalue weighted by Gasteiger charge is 2.12. The van der Waals surface area contributed by atoms with E-state index in [2.05, 4.69) is 31.3 Å². The van der Waals surface area contributed by atoms with Crippen molar-refractivity contribution in [3.63, 3.8) is 0 Å². The van der Waals surface area contributed by atoms with Gasteiger partial charge in [0.05, 0.1) is 17.4 Å². The summed E-state index contributed by atoms with van der Waals surface area (Å²) in [6.45, 7) is 1.91. The monoisotopic (exact) mass is 346 g/mol. The van der Waals surface area contributed by atoms with E-state index in [0.717, 1.165) is 15.7 Å². The molecule has 7 heteroatoms. The molecule has 106 valence electrons. The molecule has 0 aliphatic carbocycles. The number of carboxylic acid groups (broad SMARTS) is 1. The SMILES string of the molecule is Cc1cccc(-n2ncc3c(NC(=O)O)cc(Br)cc32)n1. The van der Waals surface area contributed by atoms with E-state index in [1.54, 1.807) is 16.9 Å². The van der Waals surface area contributed by atoms with Crippen LogP contribution in [0, 0.1) is 6.92 Å². The van der Waals surface area contributed by atoms with Gasteiger partial charge in [-0.25, -0.2) is 14.5 Å². The minimum absolute atomic E-state index is 0.478. The lowest BCUT2D eigenvalue weighted by atomic mass is 10.2. The first-order valence-corrected chi connectivity index (χ1v) is 6.95. The molecule has 2 N–H and O–H groups in total. The molecule has 2 heterocycles. The lowest BCUT2D eigenvalue weighted by molar-refractivity contribution is 0.210. The van der Waals surface area contributed by atoms with Crippen LogP contribution in [0.5, 0.6) is 0 Å². The van der Waals surface area contributed by atoms with Crippen LogP contribution in [-0.2, 0) is 0 Å². The summed E-state index contributed by atoms with van der Waals surface area (Å²) in [6.07, 6.45) is 0.507. The molecule has 3 rings (SSSR count). The first kappa shape index (κ1) is 13.6. The fraction of sp³-hybridized carbons (Fsp3) is 0.0714. The minimum atomic E-state index is -1.11. The number of hydrogen-bond donors (Lipinski definition) is 2. The molecule has 21 heavy (non-hydrogen) atoms. The number of carbonyl (C=O) groups is 1. The Bertz CT molecular complexity index is 844. The first-order valence-electron chi connectivity index (χ1n) is 6.16. The summed E-state index contributed by atoms with van der Waals surface area (Å²) in [7, 11) is 0. The number of hydrogen-bond acceptors (Lipinski definition) is 3. The molecule has 0 bridgehead atoms. The van der Waals surface area contributed by atoms with E-state index in [4.69, 9.17) is 5.11 Å². The third-order valence-electron chi connectivity index (χ3n) is 2.99. The number of rotatable bonds is 2. The Balaban J connectivity index is 2.22. The second kappa shape index (κ2) is 5.17. The van der Waals surface area contributed by atoms with Gasteiger partial charge in [0.25, 0.3) is 0 Å². The van der Waals surface area contributed by atoms with Crippen molar-refractivity contribution in [1.82, 2.24) is 14.8 Å². The van der Waals surface area contributed by atoms with Crippen LogP contribution in [-0.4, -0.2) is 26.0 Å². The second-order valence-electron chi connectivity index (χ2n) is 4.51. The number of nitrogens with zero attached hydrogens (tertiary/aromatic N) is 3. The molecule has 2 aromatic heterocycles. The molecule has 0 radical (unpaired) electrons. The lowest BCUT2D eigenvalue weighted by Crippen LogP contribution is -2.07. The van der Waals surface area contributed by atoms with Gasteiger partial charge in [0.15, 0.2) is 5.82 Å². The zero-order chi connectivity index (χ0) is 15.0. The molecule has 0 spiro atoms. The topological polar surface area (TPSA) is 80.0 Å². The highest BCUT2D eigenvalue weighted by atomic mass is 79.9. The average molecular weight is 347 g/mol. The molecule has 1 aromatic carbocycles. The highest BCUT2D eigenvalue weighted by Crippen LogP contribution is 2.29. The third kappa shape index (κ3) is 2.59. The molecule has 0 unspecified atom stereocenters. The van der Waals surface area contributed by atoms with Gasteiger partial charge < -0.3 is 5.11 Å². The fourth-order valence-electron chi connectivity index (χ4n) is 2.14. The predicted octanol–water partition coefficient (Wildman–Crippen LogP) is 3.58. The molecule has 6 nitrogen and oxygen atoms in total. The molecule has 0 atom stereocenters. The minimum Gasteiger partial charge on any atom is -0.465 e. The smallest absolute Gasteiger partial charge is 0.409 e. The zero-order valence-electron chi connectivity index (χ0n) is 11.0.